The average molecular weight is 657 g/mol. The van der Waals surface area contributed by atoms with E-state index in [4.69, 9.17) is 16.6 Å². The molecule has 8 bridgehead atoms. The normalized spacial score (nSPS) is 22.5. The second-order valence-electron chi connectivity index (χ2n) is 12.1. The molecule has 0 saturated heterocycles. The summed E-state index contributed by atoms with van der Waals surface area (Å²) in [5.41, 5.74) is 11.0. The Morgan fingerprint density at radius 2 is 1.20 bits per heavy atom. The number of rotatable bonds is 4. The molecule has 3 N–H and O–H groups in total. The molecule has 3 atom stereocenters. The highest BCUT2D eigenvalue weighted by atomic mass is 35.5. The van der Waals surface area contributed by atoms with Gasteiger partial charge in [0.15, 0.2) is 0 Å². The monoisotopic (exact) mass is 656 g/mol. The van der Waals surface area contributed by atoms with Gasteiger partial charge < -0.3 is 15.3 Å². The summed E-state index contributed by atoms with van der Waals surface area (Å²) in [6, 6.07) is 24.3. The quantitative estimate of drug-likeness (QED) is 0.236. The highest BCUT2D eigenvalue weighted by Gasteiger charge is 2.34. The minimum Gasteiger partial charge on any atom is -0.374 e. The maximum atomic E-state index is 7.21. The van der Waals surface area contributed by atoms with Gasteiger partial charge in [0, 0.05) is 99.1 Å². The van der Waals surface area contributed by atoms with Crippen molar-refractivity contribution in [2.24, 2.45) is 4.99 Å². The molecule has 0 aliphatic carbocycles. The van der Waals surface area contributed by atoms with Crippen LogP contribution in [-0.4, -0.2) is 47.7 Å². The number of hydrogen-bond acceptors (Lipinski definition) is 6. The highest BCUT2D eigenvalue weighted by molar-refractivity contribution is 6.38. The fourth-order valence-corrected chi connectivity index (χ4v) is 7.40. The van der Waals surface area contributed by atoms with E-state index in [1.54, 1.807) is 12.4 Å². The van der Waals surface area contributed by atoms with E-state index in [1.807, 2.05) is 91.8 Å². The number of H-pyrrole nitrogens is 2. The molecule has 236 valence electrons. The van der Waals surface area contributed by atoms with Gasteiger partial charge in [-0.25, -0.2) is 0 Å². The summed E-state index contributed by atoms with van der Waals surface area (Å²) in [5.74, 6) is -0.195. The van der Waals surface area contributed by atoms with Gasteiger partial charge >= 0.3 is 0 Å². The molecule has 0 fully saturated rings. The van der Waals surface area contributed by atoms with Gasteiger partial charge in [-0.3, -0.25) is 24.9 Å². The first-order valence-electron chi connectivity index (χ1n) is 16.1. The maximum Gasteiger partial charge on any atom is 0.0985 e. The Morgan fingerprint density at radius 1 is 0.592 bits per heavy atom. The summed E-state index contributed by atoms with van der Waals surface area (Å²) in [6.07, 6.45) is 21.0. The fourth-order valence-electron chi connectivity index (χ4n) is 7.12. The van der Waals surface area contributed by atoms with Crippen LogP contribution < -0.4 is 16.0 Å². The first-order valence-corrected chi connectivity index (χ1v) is 16.5. The number of allylic oxidation sites excluding steroid dienone is 2. The molecule has 3 unspecified atom stereocenters. The van der Waals surface area contributed by atoms with Crippen molar-refractivity contribution in [2.45, 2.75) is 18.0 Å². The van der Waals surface area contributed by atoms with Gasteiger partial charge in [0.05, 0.1) is 23.7 Å². The zero-order chi connectivity index (χ0) is 32.7. The van der Waals surface area contributed by atoms with Crippen LogP contribution in [0.1, 0.15) is 39.6 Å². The third-order valence-corrected chi connectivity index (χ3v) is 9.64. The molecule has 6 aromatic rings. The van der Waals surface area contributed by atoms with Crippen molar-refractivity contribution in [3.63, 3.8) is 0 Å². The molecule has 0 spiro atoms. The lowest BCUT2D eigenvalue weighted by atomic mass is 9.89. The second-order valence-corrected chi connectivity index (χ2v) is 12.6. The molecule has 9 heteroatoms. The molecule has 0 aromatic carbocycles. The number of fused-ring (bicyclic) bond motifs is 7. The Labute approximate surface area is 287 Å². The summed E-state index contributed by atoms with van der Waals surface area (Å²) in [7, 11) is 0. The average Bonchev–Trinajstić information content (AvgIpc) is 3.98. The zero-order valence-corrected chi connectivity index (χ0v) is 26.9. The van der Waals surface area contributed by atoms with E-state index in [9.17, 15) is 0 Å². The number of pyridine rings is 4. The summed E-state index contributed by atoms with van der Waals surface area (Å²) in [5, 5.41) is 6.44. The Hall–Kier alpha value is -6.12. The Bertz CT molecular complexity index is 2430. The number of hydrogen-bond donors (Lipinski definition) is 3. The lowest BCUT2D eigenvalue weighted by Crippen LogP contribution is -2.30. The molecule has 3 aliphatic heterocycles. The lowest BCUT2D eigenvalue weighted by molar-refractivity contribution is 0.685. The number of nitrogens with zero attached hydrogens (tertiary/aromatic N) is 5. The van der Waals surface area contributed by atoms with Gasteiger partial charge in [0.1, 0.15) is 0 Å². The molecule has 0 amide bonds. The zero-order valence-electron chi connectivity index (χ0n) is 26.1. The minimum atomic E-state index is -0.366. The molecule has 3 aliphatic rings. The highest BCUT2D eigenvalue weighted by Crippen LogP contribution is 2.40. The Morgan fingerprint density at radius 3 is 1.90 bits per heavy atom. The van der Waals surface area contributed by atoms with Crippen molar-refractivity contribution in [3.8, 4) is 0 Å². The minimum absolute atomic E-state index is 0.125. The van der Waals surface area contributed by atoms with E-state index in [0.717, 1.165) is 72.5 Å². The summed E-state index contributed by atoms with van der Waals surface area (Å²) >= 11 is 7.21. The van der Waals surface area contributed by atoms with Gasteiger partial charge in [-0.1, -0.05) is 17.7 Å². The first-order chi connectivity index (χ1) is 24.2. The molecular formula is C40H29ClN8. The predicted octanol–water partition coefficient (Wildman–Crippen LogP) is 5.40. The van der Waals surface area contributed by atoms with Crippen molar-refractivity contribution in [2.75, 3.05) is 0 Å². The number of aliphatic imine (C=N–C) groups is 1. The molecule has 8 nitrogen and oxygen atoms in total. The van der Waals surface area contributed by atoms with Crippen LogP contribution in [0.25, 0.3) is 16.7 Å². The number of nitrogens with one attached hydrogen (secondary N) is 3. The van der Waals surface area contributed by atoms with Crippen LogP contribution in [0.3, 0.4) is 0 Å². The van der Waals surface area contributed by atoms with E-state index >= 15 is 0 Å². The van der Waals surface area contributed by atoms with Crippen molar-refractivity contribution >= 4 is 34.0 Å². The smallest absolute Gasteiger partial charge is 0.0985 e. The van der Waals surface area contributed by atoms with Crippen LogP contribution in [0.4, 0.5) is 0 Å². The van der Waals surface area contributed by atoms with Crippen molar-refractivity contribution in [1.82, 2.24) is 35.2 Å². The van der Waals surface area contributed by atoms with Crippen LogP contribution in [-0.2, 0) is 0 Å². The summed E-state index contributed by atoms with van der Waals surface area (Å²) in [6.45, 7) is 0. The van der Waals surface area contributed by atoms with E-state index in [-0.39, 0.29) is 18.0 Å². The molecule has 0 saturated carbocycles. The summed E-state index contributed by atoms with van der Waals surface area (Å²) < 4.78 is 0. The standard InChI is InChI=1S/C40H29ClN8/c41-28-23-35-38(26-11-19-44-20-12-26)33-4-3-31(47-33)36(24-7-15-42-16-8-24)29-1-2-30(46-29)37(25-9-17-43-18-10-25)32-5-6-34(48-32)39(40(28)49-35)27-13-21-45-22-14-27/h1-23,29,39-40,46-48H/b36-31-,37-30-,38-33?. The van der Waals surface area contributed by atoms with Crippen LogP contribution >= 0.6 is 11.6 Å². The van der Waals surface area contributed by atoms with Gasteiger partial charge in [0.2, 0.25) is 0 Å². The van der Waals surface area contributed by atoms with Crippen LogP contribution in [0.15, 0.2) is 156 Å². The van der Waals surface area contributed by atoms with E-state index in [0.29, 0.717) is 5.03 Å². The second kappa shape index (κ2) is 12.2. The van der Waals surface area contributed by atoms with Gasteiger partial charge in [-0.2, -0.15) is 0 Å². The molecule has 6 aromatic heterocycles. The van der Waals surface area contributed by atoms with Crippen LogP contribution in [0.5, 0.6) is 0 Å². The number of aromatic nitrogens is 6. The first kappa shape index (κ1) is 29.1. The molecule has 0 radical (unpaired) electrons. The van der Waals surface area contributed by atoms with E-state index < -0.39 is 0 Å². The Kier molecular flexibility index (Phi) is 7.21. The largest absolute Gasteiger partial charge is 0.374 e. The van der Waals surface area contributed by atoms with Gasteiger partial charge in [-0.05, 0) is 107 Å². The molecule has 9 heterocycles. The third kappa shape index (κ3) is 5.23. The van der Waals surface area contributed by atoms with Crippen LogP contribution in [0, 0.1) is 0 Å². The Balaban J connectivity index is 1.37. The van der Waals surface area contributed by atoms with Crippen LogP contribution in [0.2, 0.25) is 0 Å². The number of halogens is 1. The number of aromatic amines is 2. The lowest BCUT2D eigenvalue weighted by Gasteiger charge is -2.22. The predicted molar refractivity (Wildman–Crippen MR) is 192 cm³/mol. The van der Waals surface area contributed by atoms with E-state index in [2.05, 4.69) is 71.6 Å². The van der Waals surface area contributed by atoms with E-state index in [1.165, 1.54) is 0 Å². The SMILES string of the molecule is ClC1=CC2=NC1C(c1ccncc1)c1ccc([nH]1)/C(c1ccncc1)=C1/C=CC(N1)/C(c1ccncc1)=c1/ccc([nH]1)=C2c1ccncc1. The topological polar surface area (TPSA) is 108 Å². The van der Waals surface area contributed by atoms with Crippen molar-refractivity contribution < 1.29 is 0 Å². The maximum absolute atomic E-state index is 7.21. The van der Waals surface area contributed by atoms with Gasteiger partial charge in [-0.15, -0.1) is 0 Å². The molecular weight excluding hydrogens is 628 g/mol. The third-order valence-electron chi connectivity index (χ3n) is 9.31. The fraction of sp³-hybridized carbons (Fsp3) is 0.0750. The van der Waals surface area contributed by atoms with Crippen molar-refractivity contribution in [3.05, 3.63) is 196 Å². The summed E-state index contributed by atoms with van der Waals surface area (Å²) in [4.78, 5) is 30.2. The molecule has 49 heavy (non-hydrogen) atoms. The molecule has 9 rings (SSSR count). The van der Waals surface area contributed by atoms with Gasteiger partial charge in [0.25, 0.3) is 0 Å². The van der Waals surface area contributed by atoms with Crippen molar-refractivity contribution in [1.29, 1.82) is 0 Å².